The molecule has 0 aliphatic carbocycles. The number of hydrogen-bond acceptors (Lipinski definition) is 6. The van der Waals surface area contributed by atoms with Crippen molar-refractivity contribution in [3.8, 4) is 34.4 Å². The number of methoxy groups -OCH3 is 1. The first-order valence-electron chi connectivity index (χ1n) is 11.9. The molecule has 0 spiro atoms. The van der Waals surface area contributed by atoms with E-state index < -0.39 is 0 Å². The van der Waals surface area contributed by atoms with Gasteiger partial charge in [0.1, 0.15) is 12.4 Å². The number of nitriles is 1. The van der Waals surface area contributed by atoms with Crippen molar-refractivity contribution in [1.82, 2.24) is 4.90 Å². The van der Waals surface area contributed by atoms with E-state index in [4.69, 9.17) is 19.5 Å². The Bertz CT molecular complexity index is 1290. The summed E-state index contributed by atoms with van der Waals surface area (Å²) in [5.74, 6) is 2.02. The van der Waals surface area contributed by atoms with E-state index in [9.17, 15) is 4.79 Å². The van der Waals surface area contributed by atoms with E-state index in [1.165, 1.54) is 0 Å². The molecule has 0 aromatic heterocycles. The maximum Gasteiger partial charge on any atom is 0.294 e. The number of anilines is 1. The average molecular weight is 482 g/mol. The topological polar surface area (TPSA) is 75.0 Å². The van der Waals surface area contributed by atoms with E-state index in [0.717, 1.165) is 30.8 Å². The molecule has 2 aliphatic rings. The SMILES string of the molecule is COc1cc(N2CC=C(Oc3ccc(-c4ccccc4)cc3)C2=O)ccc1OCCN1CC(C#N)C1. The van der Waals surface area contributed by atoms with E-state index >= 15 is 0 Å². The lowest BCUT2D eigenvalue weighted by Crippen LogP contribution is -2.47. The van der Waals surface area contributed by atoms with Gasteiger partial charge in [0.15, 0.2) is 17.3 Å². The second-order valence-electron chi connectivity index (χ2n) is 8.75. The van der Waals surface area contributed by atoms with Crippen LogP contribution in [-0.4, -0.2) is 50.7 Å². The third-order valence-electron chi connectivity index (χ3n) is 6.37. The summed E-state index contributed by atoms with van der Waals surface area (Å²) in [6.45, 7) is 3.25. The molecule has 1 amide bonds. The lowest BCUT2D eigenvalue weighted by atomic mass is 10.0. The van der Waals surface area contributed by atoms with Gasteiger partial charge in [-0.25, -0.2) is 0 Å². The van der Waals surface area contributed by atoms with Gasteiger partial charge in [-0.15, -0.1) is 0 Å². The van der Waals surface area contributed by atoms with Crippen LogP contribution in [0.2, 0.25) is 0 Å². The first-order valence-corrected chi connectivity index (χ1v) is 11.9. The van der Waals surface area contributed by atoms with E-state index in [1.54, 1.807) is 24.2 Å². The van der Waals surface area contributed by atoms with Gasteiger partial charge in [-0.3, -0.25) is 9.69 Å². The summed E-state index contributed by atoms with van der Waals surface area (Å²) < 4.78 is 17.3. The van der Waals surface area contributed by atoms with Crippen molar-refractivity contribution < 1.29 is 19.0 Å². The van der Waals surface area contributed by atoms with Crippen molar-refractivity contribution in [2.45, 2.75) is 0 Å². The maximum absolute atomic E-state index is 13.1. The summed E-state index contributed by atoms with van der Waals surface area (Å²) in [5.41, 5.74) is 2.92. The molecule has 5 rings (SSSR count). The normalized spacial score (nSPS) is 15.7. The van der Waals surface area contributed by atoms with Crippen LogP contribution in [0.25, 0.3) is 11.1 Å². The van der Waals surface area contributed by atoms with Gasteiger partial charge in [0.25, 0.3) is 5.91 Å². The first-order chi connectivity index (χ1) is 17.6. The van der Waals surface area contributed by atoms with E-state index in [0.29, 0.717) is 41.8 Å². The zero-order valence-electron chi connectivity index (χ0n) is 20.1. The molecule has 2 aliphatic heterocycles. The zero-order valence-corrected chi connectivity index (χ0v) is 20.1. The van der Waals surface area contributed by atoms with Crippen molar-refractivity contribution in [2.24, 2.45) is 5.92 Å². The Morgan fingerprint density at radius 3 is 2.44 bits per heavy atom. The number of hydrogen-bond donors (Lipinski definition) is 0. The minimum absolute atomic E-state index is 0.132. The highest BCUT2D eigenvalue weighted by Gasteiger charge is 2.28. The highest BCUT2D eigenvalue weighted by atomic mass is 16.5. The molecule has 1 fully saturated rings. The minimum atomic E-state index is -0.206. The van der Waals surface area contributed by atoms with Crippen molar-refractivity contribution in [3.05, 3.63) is 84.6 Å². The maximum atomic E-state index is 13.1. The summed E-state index contributed by atoms with van der Waals surface area (Å²) >= 11 is 0. The fourth-order valence-corrected chi connectivity index (χ4v) is 4.32. The third-order valence-corrected chi connectivity index (χ3v) is 6.37. The van der Waals surface area contributed by atoms with Crippen LogP contribution in [0.15, 0.2) is 84.6 Å². The van der Waals surface area contributed by atoms with Crippen LogP contribution in [0.5, 0.6) is 17.2 Å². The summed E-state index contributed by atoms with van der Waals surface area (Å²) in [6, 6.07) is 25.5. The van der Waals surface area contributed by atoms with E-state index in [1.807, 2.05) is 54.6 Å². The fraction of sp³-hybridized carbons (Fsp3) is 0.241. The monoisotopic (exact) mass is 481 g/mol. The van der Waals surface area contributed by atoms with Crippen molar-refractivity contribution >= 4 is 11.6 Å². The Morgan fingerprint density at radius 2 is 1.72 bits per heavy atom. The number of nitrogens with zero attached hydrogens (tertiary/aromatic N) is 3. The highest BCUT2D eigenvalue weighted by molar-refractivity contribution is 6.07. The molecule has 0 saturated carbocycles. The Balaban J connectivity index is 1.18. The predicted octanol–water partition coefficient (Wildman–Crippen LogP) is 4.51. The average Bonchev–Trinajstić information content (AvgIpc) is 3.26. The van der Waals surface area contributed by atoms with Crippen LogP contribution >= 0.6 is 0 Å². The standard InChI is InChI=1S/C29H27N3O4/c1-34-28-17-24(9-12-26(28)35-16-15-31-19-21(18-30)20-31)32-14-13-27(29(32)33)36-25-10-7-23(8-11-25)22-5-3-2-4-6-22/h2-13,17,21H,14-16,19-20H2,1H3. The van der Waals surface area contributed by atoms with Crippen LogP contribution in [-0.2, 0) is 4.79 Å². The smallest absolute Gasteiger partial charge is 0.294 e. The summed E-state index contributed by atoms with van der Waals surface area (Å²) in [4.78, 5) is 16.9. The lowest BCUT2D eigenvalue weighted by molar-refractivity contribution is -0.116. The second kappa shape index (κ2) is 10.5. The van der Waals surface area contributed by atoms with Crippen molar-refractivity contribution in [2.75, 3.05) is 44.8 Å². The molecule has 3 aromatic rings. The van der Waals surface area contributed by atoms with Gasteiger partial charge in [0, 0.05) is 37.9 Å². The molecule has 0 atom stereocenters. The number of carbonyl (C=O) groups is 1. The number of likely N-dealkylation sites (tertiary alicyclic amines) is 1. The van der Waals surface area contributed by atoms with Crippen molar-refractivity contribution in [1.29, 1.82) is 5.26 Å². The van der Waals surface area contributed by atoms with Gasteiger partial charge in [-0.1, -0.05) is 42.5 Å². The molecule has 0 unspecified atom stereocenters. The molecule has 36 heavy (non-hydrogen) atoms. The van der Waals surface area contributed by atoms with Gasteiger partial charge in [-0.2, -0.15) is 5.26 Å². The van der Waals surface area contributed by atoms with Gasteiger partial charge in [0.2, 0.25) is 0 Å². The largest absolute Gasteiger partial charge is 0.493 e. The molecule has 0 N–H and O–H groups in total. The molecule has 0 bridgehead atoms. The Kier molecular flexibility index (Phi) is 6.87. The Labute approximate surface area is 210 Å². The van der Waals surface area contributed by atoms with Gasteiger partial charge < -0.3 is 19.1 Å². The van der Waals surface area contributed by atoms with E-state index in [2.05, 4.69) is 23.1 Å². The fourth-order valence-electron chi connectivity index (χ4n) is 4.32. The molecule has 2 heterocycles. The molecule has 7 nitrogen and oxygen atoms in total. The Hall–Kier alpha value is -4.28. The number of carbonyl (C=O) groups excluding carboxylic acids is 1. The number of rotatable bonds is 9. The number of ether oxygens (including phenoxy) is 3. The highest BCUT2D eigenvalue weighted by Crippen LogP contribution is 2.34. The van der Waals surface area contributed by atoms with Crippen LogP contribution in [0, 0.1) is 17.2 Å². The Morgan fingerprint density at radius 1 is 0.972 bits per heavy atom. The summed E-state index contributed by atoms with van der Waals surface area (Å²) in [6.07, 6.45) is 1.78. The van der Waals surface area contributed by atoms with Gasteiger partial charge >= 0.3 is 0 Å². The second-order valence-corrected chi connectivity index (χ2v) is 8.75. The van der Waals surface area contributed by atoms with Crippen LogP contribution in [0.1, 0.15) is 0 Å². The molecular formula is C29H27N3O4. The first kappa shape index (κ1) is 23.5. The van der Waals surface area contributed by atoms with Gasteiger partial charge in [-0.05, 0) is 41.5 Å². The molecule has 7 heteroatoms. The number of benzene rings is 3. The molecule has 182 valence electrons. The number of amides is 1. The zero-order chi connectivity index (χ0) is 24.9. The minimum Gasteiger partial charge on any atom is -0.493 e. The molecule has 0 radical (unpaired) electrons. The third kappa shape index (κ3) is 5.04. The summed E-state index contributed by atoms with van der Waals surface area (Å²) in [7, 11) is 1.58. The molecule has 1 saturated heterocycles. The van der Waals surface area contributed by atoms with Gasteiger partial charge in [0.05, 0.1) is 19.1 Å². The molecule has 3 aromatic carbocycles. The lowest BCUT2D eigenvalue weighted by Gasteiger charge is -2.34. The molecular weight excluding hydrogens is 454 g/mol. The van der Waals surface area contributed by atoms with Crippen LogP contribution in [0.3, 0.4) is 0 Å². The predicted molar refractivity (Wildman–Crippen MR) is 137 cm³/mol. The van der Waals surface area contributed by atoms with Crippen molar-refractivity contribution in [3.63, 3.8) is 0 Å². The quantitative estimate of drug-likeness (QED) is 0.448. The summed E-state index contributed by atoms with van der Waals surface area (Å²) in [5, 5.41) is 8.89. The van der Waals surface area contributed by atoms with Crippen LogP contribution < -0.4 is 19.1 Å². The van der Waals surface area contributed by atoms with Crippen LogP contribution in [0.4, 0.5) is 5.69 Å². The van der Waals surface area contributed by atoms with E-state index in [-0.39, 0.29) is 11.8 Å².